The van der Waals surface area contributed by atoms with Gasteiger partial charge in [0.25, 0.3) is 0 Å². The maximum atomic E-state index is 13.3. The number of nitrogens with zero attached hydrogens (tertiary/aromatic N) is 2. The van der Waals surface area contributed by atoms with Gasteiger partial charge in [-0.3, -0.25) is 4.79 Å². The summed E-state index contributed by atoms with van der Waals surface area (Å²) in [7, 11) is 3.94. The van der Waals surface area contributed by atoms with Gasteiger partial charge in [0.05, 0.1) is 12.1 Å². The van der Waals surface area contributed by atoms with E-state index in [0.29, 0.717) is 29.5 Å². The molecule has 2 rings (SSSR count). The van der Waals surface area contributed by atoms with E-state index in [-0.39, 0.29) is 23.7 Å². The second-order valence-corrected chi connectivity index (χ2v) is 6.69. The van der Waals surface area contributed by atoms with Crippen LogP contribution in [0.1, 0.15) is 25.3 Å². The number of nitrogens with one attached hydrogen (secondary N) is 1. The van der Waals surface area contributed by atoms with E-state index in [1.165, 1.54) is 12.1 Å². The van der Waals surface area contributed by atoms with Gasteiger partial charge in [0, 0.05) is 17.6 Å². The van der Waals surface area contributed by atoms with Crippen molar-refractivity contribution in [2.24, 2.45) is 0 Å². The lowest BCUT2D eigenvalue weighted by Crippen LogP contribution is -2.48. The molecule has 0 spiro atoms. The van der Waals surface area contributed by atoms with E-state index in [4.69, 9.17) is 4.42 Å². The molecule has 1 aromatic heterocycles. The minimum atomic E-state index is -0.353. The van der Waals surface area contributed by atoms with Gasteiger partial charge in [-0.15, -0.1) is 0 Å². The van der Waals surface area contributed by atoms with Crippen molar-refractivity contribution in [2.45, 2.75) is 32.7 Å². The molecule has 1 aromatic carbocycles. The quantitative estimate of drug-likeness (QED) is 0.883. The minimum absolute atomic E-state index is 0.118. The summed E-state index contributed by atoms with van der Waals surface area (Å²) in [6, 6.07) is 6.03. The van der Waals surface area contributed by atoms with Crippen LogP contribution in [0.4, 0.5) is 4.39 Å². The number of hydrogen-bond donors (Lipinski definition) is 1. The van der Waals surface area contributed by atoms with E-state index in [2.05, 4.69) is 29.0 Å². The third kappa shape index (κ3) is 4.41. The lowest BCUT2D eigenvalue weighted by molar-refractivity contribution is -0.121. The molecule has 0 aliphatic carbocycles. The number of likely N-dealkylation sites (N-methyl/N-ethyl adjacent to an activating group) is 1. The normalized spacial score (nSPS) is 11.8. The zero-order valence-corrected chi connectivity index (χ0v) is 14.8. The summed E-state index contributed by atoms with van der Waals surface area (Å²) in [4.78, 5) is 18.6. The van der Waals surface area contributed by atoms with E-state index < -0.39 is 0 Å². The Bertz CT molecular complexity index is 723. The van der Waals surface area contributed by atoms with E-state index in [1.807, 2.05) is 14.1 Å². The van der Waals surface area contributed by atoms with Gasteiger partial charge >= 0.3 is 0 Å². The molecule has 6 heteroatoms. The summed E-state index contributed by atoms with van der Waals surface area (Å²) in [6.45, 7) is 6.39. The molecule has 2 aromatic rings. The molecule has 0 unspecified atom stereocenters. The highest BCUT2D eigenvalue weighted by molar-refractivity contribution is 5.78. The topological polar surface area (TPSA) is 58.4 Å². The Labute approximate surface area is 141 Å². The first-order valence-electron chi connectivity index (χ1n) is 7.85. The van der Waals surface area contributed by atoms with Crippen LogP contribution in [0.5, 0.6) is 0 Å². The first-order chi connectivity index (χ1) is 11.2. The molecule has 130 valence electrons. The summed E-state index contributed by atoms with van der Waals surface area (Å²) < 4.78 is 18.9. The molecule has 0 bridgehead atoms. The molecule has 24 heavy (non-hydrogen) atoms. The van der Waals surface area contributed by atoms with Crippen molar-refractivity contribution in [3.63, 3.8) is 0 Å². The SMILES string of the molecule is Cc1oc(-c2cccc(F)c2)nc1CC(=O)NCC(C)(C)N(C)C. The van der Waals surface area contributed by atoms with E-state index >= 15 is 0 Å². The Morgan fingerprint density at radius 2 is 2.08 bits per heavy atom. The van der Waals surface area contributed by atoms with Crippen molar-refractivity contribution >= 4 is 5.91 Å². The van der Waals surface area contributed by atoms with Gasteiger partial charge in [0.15, 0.2) is 0 Å². The number of rotatable bonds is 6. The number of carbonyl (C=O) groups excluding carboxylic acids is 1. The second-order valence-electron chi connectivity index (χ2n) is 6.69. The van der Waals surface area contributed by atoms with Crippen LogP contribution in [-0.2, 0) is 11.2 Å². The number of benzene rings is 1. The highest BCUT2D eigenvalue weighted by Gasteiger charge is 2.22. The molecular formula is C18H24FN3O2. The number of aromatic nitrogens is 1. The first kappa shape index (κ1) is 18.1. The zero-order valence-electron chi connectivity index (χ0n) is 14.8. The number of amides is 1. The summed E-state index contributed by atoms with van der Waals surface area (Å²) in [5.74, 6) is 0.417. The van der Waals surface area contributed by atoms with Crippen molar-refractivity contribution in [3.8, 4) is 11.5 Å². The van der Waals surface area contributed by atoms with Gasteiger partial charge in [-0.05, 0) is 53.1 Å². The van der Waals surface area contributed by atoms with Crippen molar-refractivity contribution in [1.29, 1.82) is 0 Å². The highest BCUT2D eigenvalue weighted by Crippen LogP contribution is 2.22. The van der Waals surface area contributed by atoms with Gasteiger partial charge in [-0.2, -0.15) is 0 Å². The first-order valence-corrected chi connectivity index (χ1v) is 7.85. The Balaban J connectivity index is 2.04. The van der Waals surface area contributed by atoms with Crippen LogP contribution < -0.4 is 5.32 Å². The summed E-state index contributed by atoms with van der Waals surface area (Å²) in [6.07, 6.45) is 0.133. The van der Waals surface area contributed by atoms with Crippen LogP contribution in [0.3, 0.4) is 0 Å². The third-order valence-electron chi connectivity index (χ3n) is 4.22. The monoisotopic (exact) mass is 333 g/mol. The number of carbonyl (C=O) groups is 1. The summed E-state index contributed by atoms with van der Waals surface area (Å²) in [5.41, 5.74) is 0.981. The maximum absolute atomic E-state index is 13.3. The van der Waals surface area contributed by atoms with Gasteiger partial charge in [0.2, 0.25) is 11.8 Å². The average Bonchev–Trinajstić information content (AvgIpc) is 2.86. The number of hydrogen-bond acceptors (Lipinski definition) is 4. The molecule has 1 heterocycles. The predicted octanol–water partition coefficient (Wildman–Crippen LogP) is 2.79. The van der Waals surface area contributed by atoms with Crippen LogP contribution in [0.25, 0.3) is 11.5 Å². The molecular weight excluding hydrogens is 309 g/mol. The van der Waals surface area contributed by atoms with E-state index in [0.717, 1.165) is 0 Å². The Morgan fingerprint density at radius 3 is 2.71 bits per heavy atom. The molecule has 1 N–H and O–H groups in total. The Morgan fingerprint density at radius 1 is 1.38 bits per heavy atom. The fourth-order valence-electron chi connectivity index (χ4n) is 2.02. The molecule has 0 saturated heterocycles. The maximum Gasteiger partial charge on any atom is 0.226 e. The van der Waals surface area contributed by atoms with Gasteiger partial charge in [-0.25, -0.2) is 9.37 Å². The van der Waals surface area contributed by atoms with Crippen molar-refractivity contribution in [3.05, 3.63) is 41.5 Å². The lowest BCUT2D eigenvalue weighted by Gasteiger charge is -2.32. The Hall–Kier alpha value is -2.21. The molecule has 5 nitrogen and oxygen atoms in total. The predicted molar refractivity (Wildman–Crippen MR) is 91.1 cm³/mol. The smallest absolute Gasteiger partial charge is 0.226 e. The fraction of sp³-hybridized carbons (Fsp3) is 0.444. The van der Waals surface area contributed by atoms with Crippen LogP contribution in [0.15, 0.2) is 28.7 Å². The van der Waals surface area contributed by atoms with Gasteiger partial charge in [-0.1, -0.05) is 6.07 Å². The molecule has 0 aliphatic heterocycles. The highest BCUT2D eigenvalue weighted by atomic mass is 19.1. The lowest BCUT2D eigenvalue weighted by atomic mass is 10.0. The van der Waals surface area contributed by atoms with Crippen molar-refractivity contribution in [1.82, 2.24) is 15.2 Å². The summed E-state index contributed by atoms with van der Waals surface area (Å²) >= 11 is 0. The van der Waals surface area contributed by atoms with Crippen LogP contribution in [0.2, 0.25) is 0 Å². The molecule has 0 fully saturated rings. The van der Waals surface area contributed by atoms with Crippen molar-refractivity contribution < 1.29 is 13.6 Å². The number of halogens is 1. The number of oxazole rings is 1. The zero-order chi connectivity index (χ0) is 17.9. The number of aryl methyl sites for hydroxylation is 1. The molecule has 0 aliphatic rings. The standard InChI is InChI=1S/C18H24FN3O2/c1-12-15(10-16(23)20-11-18(2,3)22(4)5)21-17(24-12)13-7-6-8-14(19)9-13/h6-9H,10-11H2,1-5H3,(H,20,23). The van der Waals surface area contributed by atoms with E-state index in [1.54, 1.807) is 19.1 Å². The minimum Gasteiger partial charge on any atom is -0.441 e. The van der Waals surface area contributed by atoms with E-state index in [9.17, 15) is 9.18 Å². The molecule has 0 saturated carbocycles. The molecule has 0 radical (unpaired) electrons. The second kappa shape index (κ2) is 7.13. The third-order valence-corrected chi connectivity index (χ3v) is 4.22. The Kier molecular flexibility index (Phi) is 5.39. The van der Waals surface area contributed by atoms with Gasteiger partial charge in [0.1, 0.15) is 11.6 Å². The summed E-state index contributed by atoms with van der Waals surface area (Å²) in [5, 5.41) is 2.92. The molecule has 1 amide bonds. The van der Waals surface area contributed by atoms with Crippen LogP contribution in [-0.4, -0.2) is 42.0 Å². The largest absolute Gasteiger partial charge is 0.441 e. The van der Waals surface area contributed by atoms with Gasteiger partial charge < -0.3 is 14.6 Å². The fourth-order valence-corrected chi connectivity index (χ4v) is 2.02. The molecule has 0 atom stereocenters. The van der Waals surface area contributed by atoms with Crippen LogP contribution >= 0.6 is 0 Å². The average molecular weight is 333 g/mol. The van der Waals surface area contributed by atoms with Crippen LogP contribution in [0, 0.1) is 12.7 Å². The van der Waals surface area contributed by atoms with Crippen molar-refractivity contribution in [2.75, 3.05) is 20.6 Å².